The average molecular weight is 358 g/mol. The first-order valence-corrected chi connectivity index (χ1v) is 9.54. The molecule has 0 saturated heterocycles. The highest BCUT2D eigenvalue weighted by molar-refractivity contribution is 7.89. The number of sulfonamides is 1. The van der Waals surface area contributed by atoms with E-state index < -0.39 is 15.9 Å². The Kier molecular flexibility index (Phi) is 3.53. The molecule has 1 N–H and O–H groups in total. The predicted molar refractivity (Wildman–Crippen MR) is 89.3 cm³/mol. The van der Waals surface area contributed by atoms with Gasteiger partial charge in [0.15, 0.2) is 0 Å². The molecule has 25 heavy (non-hydrogen) atoms. The molecule has 8 nitrogen and oxygen atoms in total. The van der Waals surface area contributed by atoms with Gasteiger partial charge < -0.3 is 4.52 Å². The first-order valence-electron chi connectivity index (χ1n) is 7.65. The zero-order valence-corrected chi connectivity index (χ0v) is 14.1. The van der Waals surface area contributed by atoms with Gasteiger partial charge in [0.2, 0.25) is 10.0 Å². The number of nitrogens with zero attached hydrogens (tertiary/aromatic N) is 3. The predicted octanol–water partition coefficient (Wildman–Crippen LogP) is 1.85. The van der Waals surface area contributed by atoms with Gasteiger partial charge in [-0.15, -0.1) is 0 Å². The van der Waals surface area contributed by atoms with Gasteiger partial charge in [-0.3, -0.25) is 9.78 Å². The number of amides is 1. The van der Waals surface area contributed by atoms with Crippen LogP contribution in [-0.2, 0) is 10.0 Å². The Hall–Kier alpha value is -2.81. The van der Waals surface area contributed by atoms with E-state index in [2.05, 4.69) is 15.1 Å². The third-order valence-electron chi connectivity index (χ3n) is 3.92. The highest BCUT2D eigenvalue weighted by Crippen LogP contribution is 2.43. The van der Waals surface area contributed by atoms with Crippen LogP contribution >= 0.6 is 0 Å². The average Bonchev–Trinajstić information content (AvgIpc) is 3.32. The minimum atomic E-state index is -3.70. The highest BCUT2D eigenvalue weighted by Gasteiger charge is 2.32. The number of fused-ring (bicyclic) bond motifs is 1. The van der Waals surface area contributed by atoms with E-state index in [-0.39, 0.29) is 17.2 Å². The lowest BCUT2D eigenvalue weighted by Gasteiger charge is -2.07. The van der Waals surface area contributed by atoms with E-state index in [0.717, 1.165) is 19.1 Å². The van der Waals surface area contributed by atoms with Crippen LogP contribution in [0.4, 0.5) is 0 Å². The largest absolute Gasteiger partial charge is 0.335 e. The van der Waals surface area contributed by atoms with Crippen LogP contribution in [0.1, 0.15) is 34.8 Å². The summed E-state index contributed by atoms with van der Waals surface area (Å²) in [5, 5.41) is 4.52. The maximum Gasteiger partial charge on any atom is 0.265 e. The lowest BCUT2D eigenvalue weighted by Crippen LogP contribution is -2.29. The molecule has 0 bridgehead atoms. The smallest absolute Gasteiger partial charge is 0.265 e. The van der Waals surface area contributed by atoms with Crippen molar-refractivity contribution in [3.8, 4) is 11.3 Å². The molecule has 9 heteroatoms. The van der Waals surface area contributed by atoms with Crippen LogP contribution in [0.5, 0.6) is 0 Å². The molecule has 0 aliphatic heterocycles. The minimum absolute atomic E-state index is 0.178. The van der Waals surface area contributed by atoms with Crippen molar-refractivity contribution in [2.75, 3.05) is 6.26 Å². The van der Waals surface area contributed by atoms with Gasteiger partial charge in [-0.1, -0.05) is 5.16 Å². The molecule has 0 spiro atoms. The summed E-state index contributed by atoms with van der Waals surface area (Å²) in [6.45, 7) is 0. The number of nitrogens with one attached hydrogen (secondary N) is 1. The lowest BCUT2D eigenvalue weighted by molar-refractivity contribution is 0.0983. The Morgan fingerprint density at radius 3 is 2.80 bits per heavy atom. The lowest BCUT2D eigenvalue weighted by atomic mass is 10.0. The molecule has 3 aromatic heterocycles. The van der Waals surface area contributed by atoms with Crippen LogP contribution in [0.25, 0.3) is 22.4 Å². The minimum Gasteiger partial charge on any atom is -0.335 e. The van der Waals surface area contributed by atoms with E-state index in [9.17, 15) is 13.2 Å². The Morgan fingerprint density at radius 2 is 2.16 bits per heavy atom. The SMILES string of the molecule is CS(=O)(=O)NC(=O)c1cc(-c2cccnc2)nc2onc(C3CC3)c12. The van der Waals surface area contributed by atoms with Crippen LogP contribution in [0.2, 0.25) is 0 Å². The summed E-state index contributed by atoms with van der Waals surface area (Å²) in [5.74, 6) is -0.512. The Labute approximate surface area is 143 Å². The van der Waals surface area contributed by atoms with Gasteiger partial charge in [-0.25, -0.2) is 18.1 Å². The Bertz CT molecular complexity index is 1070. The molecule has 0 aromatic carbocycles. The van der Waals surface area contributed by atoms with Crippen LogP contribution in [0.15, 0.2) is 35.1 Å². The normalized spacial score (nSPS) is 14.6. The van der Waals surface area contributed by atoms with Crippen molar-refractivity contribution in [3.05, 3.63) is 41.9 Å². The molecule has 3 aromatic rings. The second kappa shape index (κ2) is 5.62. The van der Waals surface area contributed by atoms with Crippen LogP contribution in [0.3, 0.4) is 0 Å². The zero-order chi connectivity index (χ0) is 17.6. The summed E-state index contributed by atoms with van der Waals surface area (Å²) in [4.78, 5) is 21.0. The fraction of sp³-hybridized carbons (Fsp3) is 0.250. The van der Waals surface area contributed by atoms with E-state index in [1.807, 2.05) is 4.72 Å². The Morgan fingerprint density at radius 1 is 1.36 bits per heavy atom. The summed E-state index contributed by atoms with van der Waals surface area (Å²) in [7, 11) is -3.70. The third kappa shape index (κ3) is 3.10. The molecular weight excluding hydrogens is 344 g/mol. The molecule has 1 aliphatic carbocycles. The number of rotatable bonds is 4. The zero-order valence-electron chi connectivity index (χ0n) is 13.3. The van der Waals surface area contributed by atoms with Crippen LogP contribution in [-0.4, -0.2) is 35.7 Å². The third-order valence-corrected chi connectivity index (χ3v) is 4.47. The van der Waals surface area contributed by atoms with Crippen molar-refractivity contribution in [2.45, 2.75) is 18.8 Å². The Balaban J connectivity index is 1.92. The second-order valence-corrected chi connectivity index (χ2v) is 7.77. The number of hydrogen-bond donors (Lipinski definition) is 1. The van der Waals surface area contributed by atoms with Crippen molar-refractivity contribution in [2.24, 2.45) is 0 Å². The fourth-order valence-electron chi connectivity index (χ4n) is 2.67. The van der Waals surface area contributed by atoms with Crippen molar-refractivity contribution >= 4 is 27.0 Å². The van der Waals surface area contributed by atoms with Crippen molar-refractivity contribution < 1.29 is 17.7 Å². The monoisotopic (exact) mass is 358 g/mol. The molecule has 0 unspecified atom stereocenters. The molecule has 1 saturated carbocycles. The van der Waals surface area contributed by atoms with Crippen molar-refractivity contribution in [1.29, 1.82) is 0 Å². The molecule has 0 radical (unpaired) electrons. The van der Waals surface area contributed by atoms with Crippen molar-refractivity contribution in [1.82, 2.24) is 19.8 Å². The molecule has 1 fully saturated rings. The number of carbonyl (C=O) groups is 1. The second-order valence-electron chi connectivity index (χ2n) is 6.02. The number of hydrogen-bond acceptors (Lipinski definition) is 7. The quantitative estimate of drug-likeness (QED) is 0.756. The van der Waals surface area contributed by atoms with Gasteiger partial charge in [-0.2, -0.15) is 0 Å². The molecule has 1 amide bonds. The molecular formula is C16H14N4O4S. The topological polar surface area (TPSA) is 115 Å². The van der Waals surface area contributed by atoms with Gasteiger partial charge in [-0.05, 0) is 31.0 Å². The molecule has 3 heterocycles. The van der Waals surface area contributed by atoms with E-state index in [1.165, 1.54) is 0 Å². The van der Waals surface area contributed by atoms with Gasteiger partial charge in [0.25, 0.3) is 11.6 Å². The number of pyridine rings is 2. The summed E-state index contributed by atoms with van der Waals surface area (Å²) < 4.78 is 30.3. The van der Waals surface area contributed by atoms with Gasteiger partial charge >= 0.3 is 0 Å². The van der Waals surface area contributed by atoms with Gasteiger partial charge in [0, 0.05) is 23.9 Å². The molecule has 128 valence electrons. The van der Waals surface area contributed by atoms with Gasteiger partial charge in [0.1, 0.15) is 0 Å². The summed E-state index contributed by atoms with van der Waals surface area (Å²) in [6, 6.07) is 5.08. The van der Waals surface area contributed by atoms with E-state index in [1.54, 1.807) is 30.6 Å². The number of aromatic nitrogens is 3. The first-order chi connectivity index (χ1) is 11.9. The molecule has 0 atom stereocenters. The van der Waals surface area contributed by atoms with Crippen LogP contribution < -0.4 is 4.72 Å². The maximum absolute atomic E-state index is 12.5. The molecule has 4 rings (SSSR count). The summed E-state index contributed by atoms with van der Waals surface area (Å²) >= 11 is 0. The van der Waals surface area contributed by atoms with E-state index in [4.69, 9.17) is 4.52 Å². The van der Waals surface area contributed by atoms with E-state index >= 15 is 0 Å². The van der Waals surface area contributed by atoms with Crippen LogP contribution in [0, 0.1) is 0 Å². The van der Waals surface area contributed by atoms with Gasteiger partial charge in [0.05, 0.1) is 28.6 Å². The number of carbonyl (C=O) groups excluding carboxylic acids is 1. The highest BCUT2D eigenvalue weighted by atomic mass is 32.2. The maximum atomic E-state index is 12.5. The van der Waals surface area contributed by atoms with Crippen molar-refractivity contribution in [3.63, 3.8) is 0 Å². The standard InChI is InChI=1S/C16H14N4O4S/c1-25(22,23)20-15(21)11-7-12(10-3-2-6-17-8-10)18-16-13(11)14(19-24-16)9-4-5-9/h2-3,6-9H,4-5H2,1H3,(H,20,21). The molecule has 1 aliphatic rings. The first kappa shape index (κ1) is 15.7. The van der Waals surface area contributed by atoms with E-state index in [0.29, 0.717) is 22.3 Å². The summed E-state index contributed by atoms with van der Waals surface area (Å²) in [6.07, 6.45) is 6.07. The summed E-state index contributed by atoms with van der Waals surface area (Å²) in [5.41, 5.74) is 2.18. The fourth-order valence-corrected chi connectivity index (χ4v) is 3.12.